The smallest absolute Gasteiger partial charge is 0.258 e. The summed E-state index contributed by atoms with van der Waals surface area (Å²) in [5, 5.41) is 2.26. The molecule has 0 saturated heterocycles. The molecule has 106 valence electrons. The third-order valence-corrected chi connectivity index (χ3v) is 3.70. The quantitative estimate of drug-likeness (QED) is 0.738. The van der Waals surface area contributed by atoms with Gasteiger partial charge in [-0.2, -0.15) is 0 Å². The van der Waals surface area contributed by atoms with E-state index in [4.69, 9.17) is 16.3 Å². The summed E-state index contributed by atoms with van der Waals surface area (Å²) in [4.78, 5) is 12.5. The van der Waals surface area contributed by atoms with Crippen LogP contribution in [0.25, 0.3) is 10.8 Å². The van der Waals surface area contributed by atoms with Gasteiger partial charge in [0.05, 0.1) is 13.7 Å². The maximum atomic E-state index is 12.5. The highest BCUT2D eigenvalue weighted by Gasteiger charge is 2.04. The van der Waals surface area contributed by atoms with Gasteiger partial charge in [-0.3, -0.25) is 4.79 Å². The van der Waals surface area contributed by atoms with E-state index in [1.54, 1.807) is 30.0 Å². The summed E-state index contributed by atoms with van der Waals surface area (Å²) in [5.74, 6) is 0.748. The van der Waals surface area contributed by atoms with Gasteiger partial charge in [-0.05, 0) is 47.3 Å². The van der Waals surface area contributed by atoms with Crippen LogP contribution < -0.4 is 10.3 Å². The highest BCUT2D eigenvalue weighted by molar-refractivity contribution is 6.30. The predicted molar refractivity (Wildman–Crippen MR) is 85.3 cm³/mol. The predicted octanol–water partition coefficient (Wildman–Crippen LogP) is 3.71. The van der Waals surface area contributed by atoms with Gasteiger partial charge in [0, 0.05) is 16.6 Å². The number of aromatic nitrogens is 1. The molecule has 0 aliphatic heterocycles. The van der Waals surface area contributed by atoms with E-state index in [0.717, 1.165) is 16.7 Å². The molecule has 0 N–H and O–H groups in total. The Hall–Kier alpha value is -2.26. The molecule has 0 aliphatic rings. The summed E-state index contributed by atoms with van der Waals surface area (Å²) in [6.07, 6.45) is 1.80. The second-order valence-electron chi connectivity index (χ2n) is 4.83. The number of benzene rings is 2. The molecule has 2 aromatic carbocycles. The molecule has 3 rings (SSSR count). The minimum Gasteiger partial charge on any atom is -0.497 e. The number of hydrogen-bond acceptors (Lipinski definition) is 2. The van der Waals surface area contributed by atoms with Crippen molar-refractivity contribution in [1.82, 2.24) is 4.57 Å². The first kappa shape index (κ1) is 13.7. The van der Waals surface area contributed by atoms with E-state index in [-0.39, 0.29) is 5.56 Å². The molecule has 0 atom stereocenters. The highest BCUT2D eigenvalue weighted by atomic mass is 35.5. The lowest BCUT2D eigenvalue weighted by Crippen LogP contribution is -2.19. The molecule has 3 aromatic rings. The molecule has 0 fully saturated rings. The van der Waals surface area contributed by atoms with Gasteiger partial charge in [0.15, 0.2) is 0 Å². The van der Waals surface area contributed by atoms with E-state index in [2.05, 4.69) is 0 Å². The first-order valence-corrected chi connectivity index (χ1v) is 6.97. The lowest BCUT2D eigenvalue weighted by atomic mass is 10.1. The van der Waals surface area contributed by atoms with Crippen molar-refractivity contribution in [3.05, 3.63) is 75.7 Å². The molecular weight excluding hydrogens is 286 g/mol. The summed E-state index contributed by atoms with van der Waals surface area (Å²) in [6, 6.07) is 14.9. The molecular formula is C17H14ClNO2. The zero-order chi connectivity index (χ0) is 14.8. The van der Waals surface area contributed by atoms with Gasteiger partial charge in [-0.15, -0.1) is 0 Å². The van der Waals surface area contributed by atoms with Gasteiger partial charge in [-0.25, -0.2) is 0 Å². The number of ether oxygens (including phenoxy) is 1. The van der Waals surface area contributed by atoms with Crippen LogP contribution in [-0.4, -0.2) is 11.7 Å². The summed E-state index contributed by atoms with van der Waals surface area (Å²) < 4.78 is 6.87. The van der Waals surface area contributed by atoms with Crippen molar-refractivity contribution in [3.63, 3.8) is 0 Å². The molecule has 0 bridgehead atoms. The zero-order valence-corrected chi connectivity index (χ0v) is 12.3. The van der Waals surface area contributed by atoms with Crippen LogP contribution >= 0.6 is 11.6 Å². The van der Waals surface area contributed by atoms with Crippen molar-refractivity contribution in [2.45, 2.75) is 6.54 Å². The van der Waals surface area contributed by atoms with Crippen molar-refractivity contribution >= 4 is 22.4 Å². The summed E-state index contributed by atoms with van der Waals surface area (Å²) in [6.45, 7) is 0.526. The number of fused-ring (bicyclic) bond motifs is 1. The van der Waals surface area contributed by atoms with Crippen LogP contribution in [0.3, 0.4) is 0 Å². The SMILES string of the molecule is COc1ccc2c(=O)n(Cc3ccc(Cl)cc3)ccc2c1. The van der Waals surface area contributed by atoms with Crippen LogP contribution in [0.1, 0.15) is 5.56 Å². The Morgan fingerprint density at radius 2 is 1.86 bits per heavy atom. The maximum Gasteiger partial charge on any atom is 0.258 e. The van der Waals surface area contributed by atoms with E-state index in [0.29, 0.717) is 17.0 Å². The molecule has 3 nitrogen and oxygen atoms in total. The third-order valence-electron chi connectivity index (χ3n) is 3.45. The fraction of sp³-hybridized carbons (Fsp3) is 0.118. The molecule has 4 heteroatoms. The Labute approximate surface area is 127 Å². The molecule has 0 saturated carbocycles. The Balaban J connectivity index is 2.02. The van der Waals surface area contributed by atoms with Crippen LogP contribution in [0.2, 0.25) is 5.02 Å². The minimum atomic E-state index is -0.00916. The third kappa shape index (κ3) is 2.78. The molecule has 0 aliphatic carbocycles. The zero-order valence-electron chi connectivity index (χ0n) is 11.5. The van der Waals surface area contributed by atoms with E-state index in [1.807, 2.05) is 36.4 Å². The summed E-state index contributed by atoms with van der Waals surface area (Å²) >= 11 is 5.87. The van der Waals surface area contributed by atoms with Crippen molar-refractivity contribution in [2.75, 3.05) is 7.11 Å². The van der Waals surface area contributed by atoms with Crippen molar-refractivity contribution in [1.29, 1.82) is 0 Å². The molecule has 1 heterocycles. The number of nitrogens with zero attached hydrogens (tertiary/aromatic N) is 1. The van der Waals surface area contributed by atoms with Crippen LogP contribution in [0.15, 0.2) is 59.5 Å². The molecule has 21 heavy (non-hydrogen) atoms. The van der Waals surface area contributed by atoms with Gasteiger partial charge in [-0.1, -0.05) is 23.7 Å². The Bertz CT molecular complexity index is 838. The first-order valence-electron chi connectivity index (χ1n) is 6.59. The molecule has 0 radical (unpaired) electrons. The Kier molecular flexibility index (Phi) is 3.67. The molecule has 1 aromatic heterocycles. The Morgan fingerprint density at radius 1 is 1.10 bits per heavy atom. The van der Waals surface area contributed by atoms with E-state index in [1.165, 1.54) is 0 Å². The monoisotopic (exact) mass is 299 g/mol. The lowest BCUT2D eigenvalue weighted by molar-refractivity contribution is 0.415. The van der Waals surface area contributed by atoms with Crippen molar-refractivity contribution in [2.24, 2.45) is 0 Å². The fourth-order valence-electron chi connectivity index (χ4n) is 2.30. The van der Waals surface area contributed by atoms with Gasteiger partial charge < -0.3 is 9.30 Å². The first-order chi connectivity index (χ1) is 10.2. The van der Waals surface area contributed by atoms with Gasteiger partial charge in [0.2, 0.25) is 0 Å². The average molecular weight is 300 g/mol. The molecule has 0 unspecified atom stereocenters. The topological polar surface area (TPSA) is 31.2 Å². The van der Waals surface area contributed by atoms with Gasteiger partial charge in [0.1, 0.15) is 5.75 Å². The van der Waals surface area contributed by atoms with Crippen molar-refractivity contribution in [3.8, 4) is 5.75 Å². The number of pyridine rings is 1. The summed E-state index contributed by atoms with van der Waals surface area (Å²) in [5.41, 5.74) is 1.03. The number of hydrogen-bond donors (Lipinski definition) is 0. The highest BCUT2D eigenvalue weighted by Crippen LogP contribution is 2.18. The number of rotatable bonds is 3. The van der Waals surface area contributed by atoms with Gasteiger partial charge >= 0.3 is 0 Å². The summed E-state index contributed by atoms with van der Waals surface area (Å²) in [7, 11) is 1.61. The number of methoxy groups -OCH3 is 1. The van der Waals surface area contributed by atoms with E-state index < -0.39 is 0 Å². The standard InChI is InChI=1S/C17H14ClNO2/c1-21-15-6-7-16-13(10-15)8-9-19(17(16)20)11-12-2-4-14(18)5-3-12/h2-10H,11H2,1H3. The molecule has 0 spiro atoms. The Morgan fingerprint density at radius 3 is 2.57 bits per heavy atom. The second kappa shape index (κ2) is 5.62. The fourth-order valence-corrected chi connectivity index (χ4v) is 2.43. The minimum absolute atomic E-state index is 0.00916. The van der Waals surface area contributed by atoms with Gasteiger partial charge in [0.25, 0.3) is 5.56 Å². The number of halogens is 1. The average Bonchev–Trinajstić information content (AvgIpc) is 2.52. The van der Waals surface area contributed by atoms with Crippen LogP contribution in [0, 0.1) is 0 Å². The van der Waals surface area contributed by atoms with Crippen molar-refractivity contribution < 1.29 is 4.74 Å². The largest absolute Gasteiger partial charge is 0.497 e. The lowest BCUT2D eigenvalue weighted by Gasteiger charge is -2.08. The van der Waals surface area contributed by atoms with E-state index >= 15 is 0 Å². The van der Waals surface area contributed by atoms with Crippen LogP contribution in [0.5, 0.6) is 5.75 Å². The van der Waals surface area contributed by atoms with Crippen LogP contribution in [0.4, 0.5) is 0 Å². The second-order valence-corrected chi connectivity index (χ2v) is 5.26. The molecule has 0 amide bonds. The normalized spacial score (nSPS) is 10.8. The maximum absolute atomic E-state index is 12.5. The van der Waals surface area contributed by atoms with Crippen LogP contribution in [-0.2, 0) is 6.54 Å². The van der Waals surface area contributed by atoms with E-state index in [9.17, 15) is 4.79 Å².